The van der Waals surface area contributed by atoms with Crippen molar-refractivity contribution in [2.24, 2.45) is 0 Å². The molecule has 1 heterocycles. The first-order valence-corrected chi connectivity index (χ1v) is 6.59. The number of aromatic nitrogens is 1. The zero-order valence-corrected chi connectivity index (χ0v) is 11.2. The normalized spacial score (nSPS) is 10.6. The molecule has 0 saturated carbocycles. The Kier molecular flexibility index (Phi) is 3.87. The Hall–Kier alpha value is -1.55. The van der Waals surface area contributed by atoms with Gasteiger partial charge in [0.05, 0.1) is 5.69 Å². The van der Waals surface area contributed by atoms with Gasteiger partial charge in [-0.05, 0) is 44.5 Å². The van der Waals surface area contributed by atoms with E-state index in [2.05, 4.69) is 4.98 Å². The first-order chi connectivity index (χ1) is 8.56. The van der Waals surface area contributed by atoms with Crippen LogP contribution in [0.25, 0.3) is 10.6 Å². The lowest BCUT2D eigenvalue weighted by Gasteiger charge is -1.95. The average molecular weight is 263 g/mol. The molecule has 2 nitrogen and oxygen atoms in total. The van der Waals surface area contributed by atoms with E-state index in [1.54, 1.807) is 30.4 Å². The highest BCUT2D eigenvalue weighted by atomic mass is 32.1. The second-order valence-corrected chi connectivity index (χ2v) is 5.32. The zero-order chi connectivity index (χ0) is 13.1. The molecular formula is C14H14FNOS. The zero-order valence-electron chi connectivity index (χ0n) is 10.4. The number of benzene rings is 1. The van der Waals surface area contributed by atoms with Gasteiger partial charge in [0.25, 0.3) is 0 Å². The lowest BCUT2D eigenvalue weighted by Crippen LogP contribution is -1.93. The van der Waals surface area contributed by atoms with Crippen LogP contribution in [-0.4, -0.2) is 10.8 Å². The van der Waals surface area contributed by atoms with Gasteiger partial charge >= 0.3 is 0 Å². The third-order valence-electron chi connectivity index (χ3n) is 2.69. The predicted octanol–water partition coefficient (Wildman–Crippen LogP) is 3.78. The van der Waals surface area contributed by atoms with Gasteiger partial charge in [-0.2, -0.15) is 0 Å². The quantitative estimate of drug-likeness (QED) is 0.840. The van der Waals surface area contributed by atoms with E-state index >= 15 is 0 Å². The molecule has 0 aliphatic carbocycles. The van der Waals surface area contributed by atoms with Crippen LogP contribution in [0.4, 0.5) is 4.39 Å². The fraction of sp³-hybridized carbons (Fsp3) is 0.286. The second-order valence-electron chi connectivity index (χ2n) is 4.24. The minimum atomic E-state index is -0.246. The molecule has 2 rings (SSSR count). The van der Waals surface area contributed by atoms with Crippen molar-refractivity contribution in [1.29, 1.82) is 0 Å². The van der Waals surface area contributed by atoms with Crippen LogP contribution in [0.15, 0.2) is 24.3 Å². The lowest BCUT2D eigenvalue weighted by molar-refractivity contribution is -0.116. The highest BCUT2D eigenvalue weighted by Crippen LogP contribution is 2.28. The molecule has 94 valence electrons. The molecule has 0 fully saturated rings. The summed E-state index contributed by atoms with van der Waals surface area (Å²) >= 11 is 1.57. The summed E-state index contributed by atoms with van der Waals surface area (Å²) in [4.78, 5) is 16.6. The number of thiazole rings is 1. The number of Topliss-reactive ketones (excluding diaryl/α,β-unsaturated/α-hetero) is 1. The number of halogens is 1. The van der Waals surface area contributed by atoms with Crippen LogP contribution in [0.5, 0.6) is 0 Å². The van der Waals surface area contributed by atoms with Crippen LogP contribution in [0.1, 0.15) is 23.9 Å². The van der Waals surface area contributed by atoms with Gasteiger partial charge in [0.1, 0.15) is 16.6 Å². The maximum absolute atomic E-state index is 12.8. The van der Waals surface area contributed by atoms with Crippen LogP contribution in [0.3, 0.4) is 0 Å². The van der Waals surface area contributed by atoms with Gasteiger partial charge in [-0.25, -0.2) is 9.37 Å². The van der Waals surface area contributed by atoms with Crippen molar-refractivity contribution in [3.05, 3.63) is 40.7 Å². The second kappa shape index (κ2) is 5.40. The van der Waals surface area contributed by atoms with Crippen LogP contribution < -0.4 is 0 Å². The molecule has 0 amide bonds. The number of rotatable bonds is 4. The molecule has 0 radical (unpaired) electrons. The molecule has 1 aromatic carbocycles. The molecule has 0 aliphatic rings. The molecule has 0 unspecified atom stereocenters. The summed E-state index contributed by atoms with van der Waals surface area (Å²) in [5, 5.41) is 0.881. The van der Waals surface area contributed by atoms with E-state index in [1.165, 1.54) is 12.1 Å². The average Bonchev–Trinajstić information content (AvgIpc) is 2.69. The fourth-order valence-corrected chi connectivity index (χ4v) is 2.73. The van der Waals surface area contributed by atoms with Crippen molar-refractivity contribution in [2.75, 3.05) is 0 Å². The van der Waals surface area contributed by atoms with Gasteiger partial charge in [0, 0.05) is 16.9 Å². The SMILES string of the molecule is CC(=O)CCc1sc(-c2ccc(F)cc2)nc1C. The van der Waals surface area contributed by atoms with Crippen molar-refractivity contribution in [2.45, 2.75) is 26.7 Å². The molecule has 0 aliphatic heterocycles. The van der Waals surface area contributed by atoms with Crippen LogP contribution in [0, 0.1) is 12.7 Å². The largest absolute Gasteiger partial charge is 0.300 e. The summed E-state index contributed by atoms with van der Waals surface area (Å²) in [7, 11) is 0. The number of carbonyl (C=O) groups is 1. The standard InChI is InChI=1S/C14H14FNOS/c1-9(17)3-8-13-10(2)16-14(18-13)11-4-6-12(15)7-5-11/h4-7H,3,8H2,1-2H3. The highest BCUT2D eigenvalue weighted by molar-refractivity contribution is 7.15. The summed E-state index contributed by atoms with van der Waals surface area (Å²) in [6, 6.07) is 6.31. The molecule has 18 heavy (non-hydrogen) atoms. The monoisotopic (exact) mass is 263 g/mol. The summed E-state index contributed by atoms with van der Waals surface area (Å²) in [6.45, 7) is 3.54. The van der Waals surface area contributed by atoms with Crippen molar-refractivity contribution in [3.63, 3.8) is 0 Å². The summed E-state index contributed by atoms with van der Waals surface area (Å²) in [6.07, 6.45) is 1.28. The van der Waals surface area contributed by atoms with Crippen LogP contribution in [-0.2, 0) is 11.2 Å². The van der Waals surface area contributed by atoms with E-state index in [1.807, 2.05) is 6.92 Å². The lowest BCUT2D eigenvalue weighted by atomic mass is 10.2. The molecule has 2 aromatic rings. The Morgan fingerprint density at radius 3 is 2.61 bits per heavy atom. The van der Waals surface area contributed by atoms with E-state index in [4.69, 9.17) is 0 Å². The first kappa shape index (κ1) is 12.9. The fourth-order valence-electron chi connectivity index (χ4n) is 1.67. The first-order valence-electron chi connectivity index (χ1n) is 5.78. The molecular weight excluding hydrogens is 249 g/mol. The van der Waals surface area contributed by atoms with Gasteiger partial charge in [0.15, 0.2) is 0 Å². The topological polar surface area (TPSA) is 30.0 Å². The molecule has 0 atom stereocenters. The van der Waals surface area contributed by atoms with Gasteiger partial charge in [-0.15, -0.1) is 11.3 Å². The third kappa shape index (κ3) is 3.01. The van der Waals surface area contributed by atoms with E-state index in [0.717, 1.165) is 27.6 Å². The smallest absolute Gasteiger partial charge is 0.130 e. The minimum absolute atomic E-state index is 0.186. The summed E-state index contributed by atoms with van der Waals surface area (Å²) in [5.41, 5.74) is 1.87. The number of ketones is 1. The molecule has 0 bridgehead atoms. The van der Waals surface area contributed by atoms with Gasteiger partial charge < -0.3 is 4.79 Å². The maximum atomic E-state index is 12.8. The Bertz CT molecular complexity index is 560. The van der Waals surface area contributed by atoms with E-state index in [-0.39, 0.29) is 11.6 Å². The van der Waals surface area contributed by atoms with Crippen LogP contribution in [0.2, 0.25) is 0 Å². The Morgan fingerprint density at radius 2 is 2.00 bits per heavy atom. The Balaban J connectivity index is 2.22. The van der Waals surface area contributed by atoms with Gasteiger partial charge in [0.2, 0.25) is 0 Å². The summed E-state index contributed by atoms with van der Waals surface area (Å²) in [5.74, 6) is -0.0602. The summed E-state index contributed by atoms with van der Waals surface area (Å²) < 4.78 is 12.8. The van der Waals surface area contributed by atoms with E-state index in [9.17, 15) is 9.18 Å². The number of hydrogen-bond donors (Lipinski definition) is 0. The number of hydrogen-bond acceptors (Lipinski definition) is 3. The minimum Gasteiger partial charge on any atom is -0.300 e. The third-order valence-corrected chi connectivity index (χ3v) is 3.95. The predicted molar refractivity (Wildman–Crippen MR) is 71.2 cm³/mol. The van der Waals surface area contributed by atoms with Crippen molar-refractivity contribution in [1.82, 2.24) is 4.98 Å². The number of carbonyl (C=O) groups excluding carboxylic acids is 1. The van der Waals surface area contributed by atoms with Gasteiger partial charge in [-0.3, -0.25) is 0 Å². The maximum Gasteiger partial charge on any atom is 0.130 e. The van der Waals surface area contributed by atoms with Gasteiger partial charge in [-0.1, -0.05) is 0 Å². The van der Waals surface area contributed by atoms with Crippen molar-refractivity contribution < 1.29 is 9.18 Å². The molecule has 4 heteroatoms. The van der Waals surface area contributed by atoms with E-state index in [0.29, 0.717) is 6.42 Å². The highest BCUT2D eigenvalue weighted by Gasteiger charge is 2.10. The number of aryl methyl sites for hydroxylation is 2. The Morgan fingerprint density at radius 1 is 1.33 bits per heavy atom. The van der Waals surface area contributed by atoms with Crippen molar-refractivity contribution >= 4 is 17.1 Å². The molecule has 0 saturated heterocycles. The van der Waals surface area contributed by atoms with E-state index < -0.39 is 0 Å². The van der Waals surface area contributed by atoms with Crippen molar-refractivity contribution in [3.8, 4) is 10.6 Å². The number of nitrogens with zero attached hydrogens (tertiary/aromatic N) is 1. The van der Waals surface area contributed by atoms with Crippen LogP contribution >= 0.6 is 11.3 Å². The molecule has 0 N–H and O–H groups in total. The Labute approximate surface area is 110 Å². The molecule has 1 aromatic heterocycles. The molecule has 0 spiro atoms.